The van der Waals surface area contributed by atoms with E-state index in [1.165, 1.54) is 53.6 Å². The number of tetrazole rings is 1. The van der Waals surface area contributed by atoms with Crippen LogP contribution in [0, 0.1) is 10.1 Å². The molecule has 0 bridgehead atoms. The maximum absolute atomic E-state index is 13.2. The van der Waals surface area contributed by atoms with E-state index < -0.39 is 46.5 Å². The highest BCUT2D eigenvalue weighted by Gasteiger charge is 2.68. The Morgan fingerprint density at radius 2 is 1.71 bits per heavy atom. The summed E-state index contributed by atoms with van der Waals surface area (Å²) in [6, 6.07) is 28.5. The van der Waals surface area contributed by atoms with Crippen LogP contribution in [0.25, 0.3) is 21.8 Å². The molecule has 3 aliphatic heterocycles. The summed E-state index contributed by atoms with van der Waals surface area (Å²) in [5.41, 5.74) is 2.75. The van der Waals surface area contributed by atoms with Crippen LogP contribution in [0.5, 0.6) is 11.5 Å². The number of amides is 3. The van der Waals surface area contributed by atoms with E-state index >= 15 is 0 Å². The van der Waals surface area contributed by atoms with Gasteiger partial charge >= 0.3 is 11.9 Å². The molecule has 0 aliphatic carbocycles. The van der Waals surface area contributed by atoms with Crippen molar-refractivity contribution < 1.29 is 58.4 Å². The van der Waals surface area contributed by atoms with Gasteiger partial charge in [-0.2, -0.15) is 0 Å². The fraction of sp³-hybridized carbons (Fsp3) is 0.310. The van der Waals surface area contributed by atoms with Crippen LogP contribution in [0.4, 0.5) is 17.1 Å². The van der Waals surface area contributed by atoms with Crippen LogP contribution in [-0.4, -0.2) is 161 Å². The summed E-state index contributed by atoms with van der Waals surface area (Å²) in [6.45, 7) is 9.77. The van der Waals surface area contributed by atoms with Crippen molar-refractivity contribution >= 4 is 109 Å². The molecule has 28 heteroatoms. The highest BCUT2D eigenvalue weighted by molar-refractivity contribution is 7.99. The van der Waals surface area contributed by atoms with E-state index in [1.54, 1.807) is 38.4 Å². The number of hydrogen-bond donors (Lipinski definition) is 6. The molecule has 3 amide bonds. The van der Waals surface area contributed by atoms with E-state index in [0.29, 0.717) is 43.8 Å². The number of non-ortho nitro benzene ring substituents is 1. The molecule has 0 radical (unpaired) electrons. The van der Waals surface area contributed by atoms with E-state index in [2.05, 4.69) is 74.3 Å². The molecular weight excluding hydrogens is 1180 g/mol. The number of aliphatic imine (C=N–C) groups is 1. The molecule has 1 saturated heterocycles. The highest BCUT2D eigenvalue weighted by Crippen LogP contribution is 2.42. The Morgan fingerprint density at radius 1 is 0.965 bits per heavy atom. The summed E-state index contributed by atoms with van der Waals surface area (Å²) in [5.74, 6) is -6.17. The third-order valence-electron chi connectivity index (χ3n) is 14.2. The second kappa shape index (κ2) is 27.9. The van der Waals surface area contributed by atoms with Crippen molar-refractivity contribution in [1.82, 2.24) is 40.3 Å². The van der Waals surface area contributed by atoms with Gasteiger partial charge in [-0.3, -0.25) is 39.2 Å². The maximum atomic E-state index is 13.2. The van der Waals surface area contributed by atoms with Crippen LogP contribution < -0.4 is 20.7 Å². The van der Waals surface area contributed by atoms with Gasteiger partial charge in [-0.05, 0) is 122 Å². The Bertz CT molecular complexity index is 3790. The zero-order chi connectivity index (χ0) is 62.0. The summed E-state index contributed by atoms with van der Waals surface area (Å²) >= 11 is 13.5. The van der Waals surface area contributed by atoms with Gasteiger partial charge in [-0.15, -0.1) is 5.10 Å². The monoisotopic (exact) mass is 1230 g/mol. The van der Waals surface area contributed by atoms with Gasteiger partial charge in [0.15, 0.2) is 12.1 Å². The number of nitro groups is 1. The van der Waals surface area contributed by atoms with Crippen LogP contribution in [0.2, 0.25) is 10.0 Å². The number of ether oxygens (including phenoxy) is 3. The number of aliphatic carboxylic acids is 2. The number of benzene rings is 5. The molecule has 4 atom stereocenters. The minimum absolute atomic E-state index is 0.0425. The van der Waals surface area contributed by atoms with Crippen molar-refractivity contribution in [1.29, 1.82) is 0 Å². The second-order valence-electron chi connectivity index (χ2n) is 19.7. The molecule has 25 nitrogen and oxygen atoms in total. The molecule has 5 heterocycles. The number of carbonyl (C=O) groups excluding carboxylic acids is 3. The number of aromatic nitrogens is 5. The van der Waals surface area contributed by atoms with Crippen molar-refractivity contribution in [3.05, 3.63) is 151 Å². The number of carbonyl (C=O) groups is 5. The predicted molar refractivity (Wildman–Crippen MR) is 322 cm³/mol. The number of fused-ring (bicyclic) bond motifs is 4. The number of halogens is 2. The van der Waals surface area contributed by atoms with Crippen LogP contribution in [0.3, 0.4) is 0 Å². The number of aromatic hydroxyl groups is 1. The van der Waals surface area contributed by atoms with Gasteiger partial charge in [0.1, 0.15) is 23.7 Å². The lowest BCUT2D eigenvalue weighted by Crippen LogP contribution is -2.82. The fourth-order valence-corrected chi connectivity index (χ4v) is 11.0. The predicted octanol–water partition coefficient (Wildman–Crippen LogP) is 7.88. The number of phenols is 1. The van der Waals surface area contributed by atoms with Crippen molar-refractivity contribution in [3.63, 3.8) is 0 Å². The number of nitro benzene ring substituents is 1. The van der Waals surface area contributed by atoms with E-state index in [-0.39, 0.29) is 53.1 Å². The van der Waals surface area contributed by atoms with E-state index in [4.69, 9.17) is 42.4 Å². The highest BCUT2D eigenvalue weighted by atomic mass is 35.5. The largest absolute Gasteiger partial charge is 0.508 e. The van der Waals surface area contributed by atoms with E-state index in [9.17, 15) is 49.4 Å². The van der Waals surface area contributed by atoms with E-state index in [1.807, 2.05) is 24.3 Å². The van der Waals surface area contributed by atoms with Gasteiger partial charge in [-0.1, -0.05) is 79.1 Å². The minimum Gasteiger partial charge on any atom is -0.508 e. The molecule has 0 saturated carbocycles. The molecule has 5 aromatic carbocycles. The molecule has 3 aliphatic rings. The van der Waals surface area contributed by atoms with Gasteiger partial charge in [-0.25, -0.2) is 14.5 Å². The summed E-state index contributed by atoms with van der Waals surface area (Å²) < 4.78 is 17.8. The first-order valence-corrected chi connectivity index (χ1v) is 28.5. The van der Waals surface area contributed by atoms with Crippen molar-refractivity contribution in [3.8, 4) is 11.5 Å². The number of nitrogens with one attached hydrogen (secondary N) is 3. The van der Waals surface area contributed by atoms with Gasteiger partial charge in [0, 0.05) is 70.0 Å². The smallest absolute Gasteiger partial charge is 0.352 e. The lowest BCUT2D eigenvalue weighted by molar-refractivity contribution is -0.384. The Hall–Kier alpha value is -8.79. The number of hydrogen-bond acceptors (Lipinski definition) is 19. The summed E-state index contributed by atoms with van der Waals surface area (Å²) in [5, 5.41) is 63.4. The number of rotatable bonds is 20. The zero-order valence-electron chi connectivity index (χ0n) is 47.3. The number of β-lactam (4-membered cyclic amide) rings is 1. The number of thioether (sulfide) groups is 1. The molecular formula is C58H60Cl2N12O13S. The van der Waals surface area contributed by atoms with Crippen LogP contribution in [-0.2, 0) is 40.5 Å². The molecule has 1 fully saturated rings. The van der Waals surface area contributed by atoms with Gasteiger partial charge in [0.2, 0.25) is 17.0 Å². The number of carboxylic acid groups (broad SMARTS) is 2. The van der Waals surface area contributed by atoms with E-state index in [0.717, 1.165) is 83.1 Å². The number of methoxy groups -OCH3 is 2. The van der Waals surface area contributed by atoms with Crippen LogP contribution >= 0.6 is 35.0 Å². The second-order valence-corrected chi connectivity index (χ2v) is 21.5. The molecule has 0 spiro atoms. The average Bonchev–Trinajstić information content (AvgIpc) is 0.779. The lowest BCUT2D eigenvalue weighted by Gasteiger charge is -2.55. The third kappa shape index (κ3) is 14.0. The SMILES string of the molecule is CCN(CC)CCCC(C)Nc1c2ccc(Cl)cc2nc2ccc(OC)cc12.CO[C@@]1(NC(=O)C(C(=O)O)c2ccc(O)cc2)C(=O)N2C(C(=O)O)=C(CSc3nnnn3C)CO[C@@H]21.O=C1CN=C(c2ccccc2Cl)c2cc([N+](=O)[O-])ccc2N1. The van der Waals surface area contributed by atoms with Crippen molar-refractivity contribution in [2.75, 3.05) is 63.4 Å². The standard InChI is InChI=1S/C23H30ClN3O.C20H20N6O9S.C15H10ClN3O3/c1-5-27(6-2)13-7-8-16(3)25-23-19-11-9-17(24)14-22(19)26-21-12-10-18(28-4)15-20(21)23;1-25-19(22-23-24-25)36-8-10-7-35-18-20(34-2,17(33)26(18)13(10)16(31)32)21-14(28)12(15(29)30)9-3-5-11(27)6-4-9;16-12-4-2-1-3-10(12)15-11-7-9(19(21)22)5-6-13(11)18-14(20)8-17-15/h9-12,14-16H,5-8,13H2,1-4H3,(H,25,26);3-6,12,18,27H,7-8H2,1-2H3,(H,21,28)(H,29,30)(H,31,32);1-7H,8H2,(H,18,20)/t;12?,18-,20+;/m.1./s1. The normalized spacial score (nSPS) is 16.8. The first kappa shape index (κ1) is 63.2. The first-order valence-electron chi connectivity index (χ1n) is 26.8. The molecule has 86 heavy (non-hydrogen) atoms. The Morgan fingerprint density at radius 3 is 2.36 bits per heavy atom. The topological polar surface area (TPSA) is 328 Å². The summed E-state index contributed by atoms with van der Waals surface area (Å²) in [7, 11) is 4.41. The van der Waals surface area contributed by atoms with Crippen LogP contribution in [0.1, 0.15) is 56.2 Å². The molecule has 2 aromatic heterocycles. The zero-order valence-corrected chi connectivity index (χ0v) is 49.6. The summed E-state index contributed by atoms with van der Waals surface area (Å²) in [6.07, 6.45) is 0.926. The molecule has 6 N–H and O–H groups in total. The number of anilines is 2. The Kier molecular flexibility index (Phi) is 20.5. The molecule has 2 unspecified atom stereocenters. The number of aryl methyl sites for hydroxylation is 1. The number of carboxylic acids is 2. The van der Waals surface area contributed by atoms with Crippen LogP contribution in [0.15, 0.2) is 125 Å². The lowest BCUT2D eigenvalue weighted by atomic mass is 9.92. The molecule has 10 rings (SSSR count). The number of pyridine rings is 1. The summed E-state index contributed by atoms with van der Waals surface area (Å²) in [4.78, 5) is 84.7. The number of phenolic OH excluding ortho intramolecular Hbond substituents is 1. The average molecular weight is 1240 g/mol. The molecule has 450 valence electrons. The quantitative estimate of drug-likeness (QED) is 0.00803. The minimum atomic E-state index is -2.14. The van der Waals surface area contributed by atoms with Crippen molar-refractivity contribution in [2.45, 2.75) is 62.7 Å². The van der Waals surface area contributed by atoms with Gasteiger partial charge in [0.05, 0.1) is 46.8 Å². The number of nitrogens with zero attached hydrogens (tertiary/aromatic N) is 9. The number of benzodiazepines with no additional fused rings is 1. The Labute approximate surface area is 506 Å². The van der Waals surface area contributed by atoms with Gasteiger partial charge < -0.3 is 50.4 Å². The first-order chi connectivity index (χ1) is 41.2. The fourth-order valence-electron chi connectivity index (χ4n) is 9.80. The van der Waals surface area contributed by atoms with Crippen molar-refractivity contribution in [2.24, 2.45) is 12.0 Å². The Balaban J connectivity index is 0.000000173. The maximum Gasteiger partial charge on any atom is 0.352 e. The molecule has 7 aromatic rings. The van der Waals surface area contributed by atoms with Gasteiger partial charge in [0.25, 0.3) is 17.3 Å². The third-order valence-corrected chi connectivity index (χ3v) is 15.9.